The van der Waals surface area contributed by atoms with E-state index in [9.17, 15) is 14.4 Å². The quantitative estimate of drug-likeness (QED) is 0.783. The summed E-state index contributed by atoms with van der Waals surface area (Å²) in [6.07, 6.45) is 0. The smallest absolute Gasteiger partial charge is 0.340 e. The molecule has 0 N–H and O–H groups in total. The highest BCUT2D eigenvalue weighted by atomic mass is 19.1. The van der Waals surface area contributed by atoms with Crippen molar-refractivity contribution in [2.24, 2.45) is 0 Å². The van der Waals surface area contributed by atoms with Crippen molar-refractivity contribution in [3.8, 4) is 17.2 Å². The largest absolute Gasteiger partial charge is 0.462 e. The molecule has 0 aliphatic rings. The van der Waals surface area contributed by atoms with Crippen molar-refractivity contribution in [1.29, 1.82) is 5.26 Å². The van der Waals surface area contributed by atoms with Crippen LogP contribution in [-0.4, -0.2) is 17.6 Å². The summed E-state index contributed by atoms with van der Waals surface area (Å²) in [6.45, 7) is 7.51. The summed E-state index contributed by atoms with van der Waals surface area (Å²) in [5.41, 5.74) is 2.73. The minimum Gasteiger partial charge on any atom is -0.462 e. The number of aromatic nitrogens is 1. The van der Waals surface area contributed by atoms with E-state index in [1.54, 1.807) is 26.0 Å². The van der Waals surface area contributed by atoms with E-state index in [1.807, 2.05) is 13.8 Å². The van der Waals surface area contributed by atoms with Crippen molar-refractivity contribution in [2.45, 2.75) is 33.6 Å². The maximum Gasteiger partial charge on any atom is 0.340 e. The zero-order chi connectivity index (χ0) is 17.9. The van der Waals surface area contributed by atoms with Crippen LogP contribution < -0.4 is 0 Å². The Morgan fingerprint density at radius 1 is 1.33 bits per heavy atom. The zero-order valence-electron chi connectivity index (χ0n) is 14.2. The fraction of sp³-hybridized carbons (Fsp3) is 0.316. The Morgan fingerprint density at radius 2 is 1.96 bits per heavy atom. The van der Waals surface area contributed by atoms with Crippen LogP contribution in [0.3, 0.4) is 0 Å². The number of hydrogen-bond donors (Lipinski definition) is 0. The molecule has 1 aromatic heterocycles. The number of halogens is 1. The van der Waals surface area contributed by atoms with Gasteiger partial charge in [-0.05, 0) is 37.5 Å². The molecule has 0 saturated heterocycles. The van der Waals surface area contributed by atoms with E-state index in [2.05, 4.69) is 11.1 Å². The van der Waals surface area contributed by atoms with E-state index in [4.69, 9.17) is 4.74 Å². The van der Waals surface area contributed by atoms with Gasteiger partial charge in [0.15, 0.2) is 0 Å². The van der Waals surface area contributed by atoms with Crippen LogP contribution in [0.4, 0.5) is 4.39 Å². The van der Waals surface area contributed by atoms with Gasteiger partial charge in [-0.25, -0.2) is 9.18 Å². The predicted octanol–water partition coefficient (Wildman–Crippen LogP) is 4.37. The Bertz CT molecular complexity index is 806. The number of nitriles is 1. The number of nitrogens with zero attached hydrogens (tertiary/aromatic N) is 2. The zero-order valence-corrected chi connectivity index (χ0v) is 14.2. The van der Waals surface area contributed by atoms with Gasteiger partial charge in [0.25, 0.3) is 0 Å². The molecule has 0 amide bonds. The number of rotatable bonds is 4. The average molecular weight is 326 g/mol. The third-order valence-electron chi connectivity index (χ3n) is 3.68. The summed E-state index contributed by atoms with van der Waals surface area (Å²) in [7, 11) is 0. The van der Waals surface area contributed by atoms with Gasteiger partial charge >= 0.3 is 5.97 Å². The highest BCUT2D eigenvalue weighted by molar-refractivity contribution is 6.00. The van der Waals surface area contributed by atoms with Gasteiger partial charge in [-0.15, -0.1) is 0 Å². The molecular formula is C19H19FN2O2. The first-order valence-electron chi connectivity index (χ1n) is 7.78. The number of ether oxygens (including phenoxy) is 1. The van der Waals surface area contributed by atoms with E-state index < -0.39 is 5.97 Å². The Labute approximate surface area is 140 Å². The van der Waals surface area contributed by atoms with Gasteiger partial charge in [0.2, 0.25) is 0 Å². The Morgan fingerprint density at radius 3 is 2.46 bits per heavy atom. The van der Waals surface area contributed by atoms with Crippen LogP contribution >= 0.6 is 0 Å². The maximum absolute atomic E-state index is 13.3. The van der Waals surface area contributed by atoms with Crippen LogP contribution in [0.5, 0.6) is 0 Å². The van der Waals surface area contributed by atoms with E-state index >= 15 is 0 Å². The first-order chi connectivity index (χ1) is 11.4. The molecule has 2 rings (SSSR count). The van der Waals surface area contributed by atoms with Crippen molar-refractivity contribution < 1.29 is 13.9 Å². The topological polar surface area (TPSA) is 63.0 Å². The summed E-state index contributed by atoms with van der Waals surface area (Å²) >= 11 is 0. The Kier molecular flexibility index (Phi) is 5.30. The highest BCUT2D eigenvalue weighted by Crippen LogP contribution is 2.34. The highest BCUT2D eigenvalue weighted by Gasteiger charge is 2.26. The lowest BCUT2D eigenvalue weighted by atomic mass is 9.90. The lowest BCUT2D eigenvalue weighted by Crippen LogP contribution is -2.15. The SMILES string of the molecule is CCOC(=O)c1c(C(C)C)nc(C)c(C#N)c1-c1ccc(F)cc1. The third kappa shape index (κ3) is 3.28. The van der Waals surface area contributed by atoms with E-state index in [1.165, 1.54) is 12.1 Å². The monoisotopic (exact) mass is 326 g/mol. The molecule has 2 aromatic rings. The number of hydrogen-bond acceptors (Lipinski definition) is 4. The molecule has 4 nitrogen and oxygen atoms in total. The molecule has 1 aromatic carbocycles. The molecule has 24 heavy (non-hydrogen) atoms. The molecule has 0 saturated carbocycles. The summed E-state index contributed by atoms with van der Waals surface area (Å²) in [6, 6.07) is 7.83. The van der Waals surface area contributed by atoms with Gasteiger partial charge in [0, 0.05) is 5.56 Å². The van der Waals surface area contributed by atoms with Gasteiger partial charge in [0.05, 0.1) is 29.1 Å². The van der Waals surface area contributed by atoms with Crippen LogP contribution in [0.2, 0.25) is 0 Å². The summed E-state index contributed by atoms with van der Waals surface area (Å²) < 4.78 is 18.5. The second-order valence-electron chi connectivity index (χ2n) is 5.70. The minimum atomic E-state index is -0.524. The first-order valence-corrected chi connectivity index (χ1v) is 7.78. The molecule has 0 bridgehead atoms. The van der Waals surface area contributed by atoms with E-state index in [0.29, 0.717) is 28.1 Å². The lowest BCUT2D eigenvalue weighted by molar-refractivity contribution is 0.0525. The van der Waals surface area contributed by atoms with Gasteiger partial charge in [-0.3, -0.25) is 4.98 Å². The molecule has 0 radical (unpaired) electrons. The fourth-order valence-electron chi connectivity index (χ4n) is 2.60. The lowest BCUT2D eigenvalue weighted by Gasteiger charge is -2.18. The van der Waals surface area contributed by atoms with E-state index in [0.717, 1.165) is 0 Å². The predicted molar refractivity (Wildman–Crippen MR) is 89.1 cm³/mol. The number of carbonyl (C=O) groups excluding carboxylic acids is 1. The number of benzene rings is 1. The third-order valence-corrected chi connectivity index (χ3v) is 3.68. The van der Waals surface area contributed by atoms with Crippen molar-refractivity contribution in [3.05, 3.63) is 52.6 Å². The first kappa shape index (κ1) is 17.6. The number of carbonyl (C=O) groups is 1. The molecule has 124 valence electrons. The molecule has 0 unspecified atom stereocenters. The standard InChI is InChI=1S/C19H19FN2O2/c1-5-24-19(23)17-16(13-6-8-14(20)9-7-13)15(10-21)12(4)22-18(17)11(2)3/h6-9,11H,5H2,1-4H3. The fourth-order valence-corrected chi connectivity index (χ4v) is 2.60. The van der Waals surface area contributed by atoms with Crippen molar-refractivity contribution in [3.63, 3.8) is 0 Å². The molecule has 1 heterocycles. The van der Waals surface area contributed by atoms with Crippen molar-refractivity contribution in [1.82, 2.24) is 4.98 Å². The minimum absolute atomic E-state index is 0.0324. The molecule has 0 aliphatic carbocycles. The Balaban J connectivity index is 2.89. The summed E-state index contributed by atoms with van der Waals surface area (Å²) in [5.74, 6) is -0.940. The summed E-state index contributed by atoms with van der Waals surface area (Å²) in [5, 5.41) is 9.56. The van der Waals surface area contributed by atoms with Crippen LogP contribution in [0.15, 0.2) is 24.3 Å². The van der Waals surface area contributed by atoms with Gasteiger partial charge in [0.1, 0.15) is 11.9 Å². The normalized spacial score (nSPS) is 10.5. The second-order valence-corrected chi connectivity index (χ2v) is 5.70. The van der Waals surface area contributed by atoms with E-state index in [-0.39, 0.29) is 23.9 Å². The van der Waals surface area contributed by atoms with Crippen molar-refractivity contribution >= 4 is 5.97 Å². The summed E-state index contributed by atoms with van der Waals surface area (Å²) in [4.78, 5) is 17.0. The molecule has 0 spiro atoms. The molecule has 0 atom stereocenters. The maximum atomic E-state index is 13.3. The van der Waals surface area contributed by atoms with Gasteiger partial charge in [-0.2, -0.15) is 5.26 Å². The molecule has 5 heteroatoms. The number of aryl methyl sites for hydroxylation is 1. The van der Waals surface area contributed by atoms with Crippen LogP contribution in [-0.2, 0) is 4.74 Å². The molecular weight excluding hydrogens is 307 g/mol. The number of esters is 1. The average Bonchev–Trinajstić information content (AvgIpc) is 2.54. The van der Waals surface area contributed by atoms with Crippen LogP contribution in [0.25, 0.3) is 11.1 Å². The molecule has 0 aliphatic heterocycles. The van der Waals surface area contributed by atoms with Crippen LogP contribution in [0.1, 0.15) is 54.0 Å². The number of pyridine rings is 1. The Hall–Kier alpha value is -2.74. The van der Waals surface area contributed by atoms with Gasteiger partial charge < -0.3 is 4.74 Å². The molecule has 0 fully saturated rings. The van der Waals surface area contributed by atoms with Crippen LogP contribution in [0, 0.1) is 24.1 Å². The second kappa shape index (κ2) is 7.22. The van der Waals surface area contributed by atoms with Crippen molar-refractivity contribution in [2.75, 3.05) is 6.61 Å². The van der Waals surface area contributed by atoms with Gasteiger partial charge in [-0.1, -0.05) is 26.0 Å².